The number of aromatic nitrogens is 3. The van der Waals surface area contributed by atoms with Gasteiger partial charge in [-0.15, -0.1) is 0 Å². The zero-order valence-electron chi connectivity index (χ0n) is 12.9. The molecule has 7 nitrogen and oxygen atoms in total. The molecule has 120 valence electrons. The fraction of sp³-hybridized carbons (Fsp3) is 0.500. The molecule has 2 fully saturated rings. The number of fused-ring (bicyclic) bond motifs is 1. The number of nitrogens with zero attached hydrogens (tertiary/aromatic N) is 5. The quantitative estimate of drug-likeness (QED) is 0.813. The van der Waals surface area contributed by atoms with E-state index in [9.17, 15) is 4.79 Å². The number of carbonyl (C=O) groups excluding carboxylic acids is 1. The van der Waals surface area contributed by atoms with E-state index in [4.69, 9.17) is 4.74 Å². The number of carbonyl (C=O) groups is 1. The molecule has 2 aromatic rings. The van der Waals surface area contributed by atoms with Gasteiger partial charge in [0, 0.05) is 37.8 Å². The molecule has 0 aliphatic carbocycles. The lowest BCUT2D eigenvalue weighted by molar-refractivity contribution is -0.138. The van der Waals surface area contributed by atoms with Gasteiger partial charge in [0.05, 0.1) is 30.8 Å². The van der Waals surface area contributed by atoms with E-state index >= 15 is 0 Å². The van der Waals surface area contributed by atoms with Crippen molar-refractivity contribution in [3.8, 4) is 0 Å². The number of amides is 1. The molecule has 0 radical (unpaired) electrons. The third-order valence-electron chi connectivity index (χ3n) is 4.58. The van der Waals surface area contributed by atoms with Crippen molar-refractivity contribution in [2.75, 3.05) is 44.3 Å². The summed E-state index contributed by atoms with van der Waals surface area (Å²) in [7, 11) is 0. The van der Waals surface area contributed by atoms with Crippen LogP contribution in [-0.2, 0) is 9.53 Å². The van der Waals surface area contributed by atoms with Crippen LogP contribution in [0.15, 0.2) is 24.8 Å². The van der Waals surface area contributed by atoms with Gasteiger partial charge in [-0.05, 0) is 12.5 Å². The van der Waals surface area contributed by atoms with Crippen molar-refractivity contribution in [2.24, 2.45) is 5.92 Å². The number of pyridine rings is 1. The highest BCUT2D eigenvalue weighted by atomic mass is 16.5. The third kappa shape index (κ3) is 2.72. The molecule has 2 aliphatic rings. The zero-order valence-corrected chi connectivity index (χ0v) is 12.9. The van der Waals surface area contributed by atoms with Crippen LogP contribution < -0.4 is 4.90 Å². The molecule has 1 unspecified atom stereocenters. The van der Waals surface area contributed by atoms with E-state index in [1.807, 2.05) is 11.0 Å². The maximum atomic E-state index is 12.6. The van der Waals surface area contributed by atoms with Crippen LogP contribution in [-0.4, -0.2) is 65.2 Å². The Morgan fingerprint density at radius 1 is 1.22 bits per heavy atom. The van der Waals surface area contributed by atoms with Crippen molar-refractivity contribution in [3.05, 3.63) is 24.8 Å². The van der Waals surface area contributed by atoms with Crippen molar-refractivity contribution >= 4 is 22.6 Å². The Balaban J connectivity index is 1.52. The van der Waals surface area contributed by atoms with E-state index in [1.54, 1.807) is 18.7 Å². The van der Waals surface area contributed by atoms with Crippen LogP contribution in [0.3, 0.4) is 0 Å². The molecule has 2 aliphatic heterocycles. The number of ether oxygens (including phenoxy) is 1. The smallest absolute Gasteiger partial charge is 0.227 e. The summed E-state index contributed by atoms with van der Waals surface area (Å²) in [6, 6.07) is 1.93. The monoisotopic (exact) mass is 313 g/mol. The predicted molar refractivity (Wildman–Crippen MR) is 85.1 cm³/mol. The molecule has 2 aromatic heterocycles. The molecule has 0 N–H and O–H groups in total. The van der Waals surface area contributed by atoms with Crippen molar-refractivity contribution in [3.63, 3.8) is 0 Å². The van der Waals surface area contributed by atoms with Gasteiger partial charge in [0.2, 0.25) is 5.91 Å². The highest BCUT2D eigenvalue weighted by Gasteiger charge is 2.33. The van der Waals surface area contributed by atoms with Crippen LogP contribution >= 0.6 is 0 Å². The first-order chi connectivity index (χ1) is 11.3. The van der Waals surface area contributed by atoms with E-state index in [0.717, 1.165) is 29.7 Å². The Morgan fingerprint density at radius 2 is 2.09 bits per heavy atom. The van der Waals surface area contributed by atoms with Crippen LogP contribution in [0.25, 0.3) is 10.9 Å². The van der Waals surface area contributed by atoms with Crippen molar-refractivity contribution in [1.29, 1.82) is 0 Å². The maximum Gasteiger partial charge on any atom is 0.227 e. The minimum absolute atomic E-state index is 0.0416. The zero-order chi connectivity index (χ0) is 15.6. The molecule has 7 heteroatoms. The van der Waals surface area contributed by atoms with Gasteiger partial charge in [-0.25, -0.2) is 9.97 Å². The first-order valence-corrected chi connectivity index (χ1v) is 7.99. The molecule has 0 bridgehead atoms. The van der Waals surface area contributed by atoms with E-state index in [-0.39, 0.29) is 11.8 Å². The van der Waals surface area contributed by atoms with E-state index in [1.165, 1.54) is 0 Å². The summed E-state index contributed by atoms with van der Waals surface area (Å²) in [5.41, 5.74) is 0.834. The number of morpholine rings is 1. The van der Waals surface area contributed by atoms with Crippen LogP contribution in [0.1, 0.15) is 6.42 Å². The van der Waals surface area contributed by atoms with E-state index in [2.05, 4.69) is 19.9 Å². The van der Waals surface area contributed by atoms with Crippen LogP contribution in [0.2, 0.25) is 0 Å². The Kier molecular flexibility index (Phi) is 3.78. The summed E-state index contributed by atoms with van der Waals surface area (Å²) >= 11 is 0. The Labute approximate surface area is 134 Å². The fourth-order valence-electron chi connectivity index (χ4n) is 3.34. The highest BCUT2D eigenvalue weighted by molar-refractivity contribution is 5.89. The average molecular weight is 313 g/mol. The van der Waals surface area contributed by atoms with Gasteiger partial charge >= 0.3 is 0 Å². The molecule has 0 aromatic carbocycles. The molecule has 2 saturated heterocycles. The molecule has 1 amide bonds. The minimum atomic E-state index is 0.0416. The van der Waals surface area contributed by atoms with Gasteiger partial charge in [-0.2, -0.15) is 0 Å². The van der Waals surface area contributed by atoms with E-state index < -0.39 is 0 Å². The van der Waals surface area contributed by atoms with E-state index in [0.29, 0.717) is 32.8 Å². The van der Waals surface area contributed by atoms with Crippen LogP contribution in [0, 0.1) is 5.92 Å². The van der Waals surface area contributed by atoms with Crippen molar-refractivity contribution in [1.82, 2.24) is 19.9 Å². The van der Waals surface area contributed by atoms with Gasteiger partial charge in [0.1, 0.15) is 12.1 Å². The minimum Gasteiger partial charge on any atom is -0.378 e. The Morgan fingerprint density at radius 3 is 2.96 bits per heavy atom. The molecule has 4 rings (SSSR count). The largest absolute Gasteiger partial charge is 0.378 e. The number of hydrogen-bond acceptors (Lipinski definition) is 6. The summed E-state index contributed by atoms with van der Waals surface area (Å²) in [5, 5.41) is 0.988. The third-order valence-corrected chi connectivity index (χ3v) is 4.58. The summed E-state index contributed by atoms with van der Waals surface area (Å²) in [5.74, 6) is 1.19. The lowest BCUT2D eigenvalue weighted by Crippen LogP contribution is -2.44. The fourth-order valence-corrected chi connectivity index (χ4v) is 3.34. The van der Waals surface area contributed by atoms with Gasteiger partial charge in [0.15, 0.2) is 0 Å². The Bertz CT molecular complexity index is 711. The number of anilines is 1. The van der Waals surface area contributed by atoms with Gasteiger partial charge < -0.3 is 14.5 Å². The van der Waals surface area contributed by atoms with Gasteiger partial charge in [-0.3, -0.25) is 9.78 Å². The molecular weight excluding hydrogens is 294 g/mol. The molecule has 0 saturated carbocycles. The van der Waals surface area contributed by atoms with Crippen molar-refractivity contribution in [2.45, 2.75) is 6.42 Å². The summed E-state index contributed by atoms with van der Waals surface area (Å²) in [6.45, 7) is 4.26. The van der Waals surface area contributed by atoms with Crippen LogP contribution in [0.4, 0.5) is 5.82 Å². The topological polar surface area (TPSA) is 71.5 Å². The second kappa shape index (κ2) is 6.08. The first-order valence-electron chi connectivity index (χ1n) is 7.99. The van der Waals surface area contributed by atoms with Gasteiger partial charge in [0.25, 0.3) is 0 Å². The lowest BCUT2D eigenvalue weighted by Gasteiger charge is -2.29. The highest BCUT2D eigenvalue weighted by Crippen LogP contribution is 2.28. The average Bonchev–Trinajstić information content (AvgIpc) is 3.11. The summed E-state index contributed by atoms with van der Waals surface area (Å²) in [4.78, 5) is 29.6. The maximum absolute atomic E-state index is 12.6. The van der Waals surface area contributed by atoms with Gasteiger partial charge in [-0.1, -0.05) is 0 Å². The number of rotatable bonds is 2. The first kappa shape index (κ1) is 14.3. The summed E-state index contributed by atoms with van der Waals surface area (Å²) in [6.07, 6.45) is 5.93. The molecule has 4 heterocycles. The standard InChI is InChI=1S/C16H19N5O2/c22-16(20-5-7-23-8-6-20)12-2-4-21(10-12)15-13-1-3-17-9-14(13)18-11-19-15/h1,3,9,11-12H,2,4-8,10H2. The second-order valence-corrected chi connectivity index (χ2v) is 5.96. The van der Waals surface area contributed by atoms with Crippen molar-refractivity contribution < 1.29 is 9.53 Å². The molecule has 0 spiro atoms. The molecule has 23 heavy (non-hydrogen) atoms. The summed E-state index contributed by atoms with van der Waals surface area (Å²) < 4.78 is 5.32. The number of hydrogen-bond donors (Lipinski definition) is 0. The predicted octanol–water partition coefficient (Wildman–Crippen LogP) is 0.710. The lowest BCUT2D eigenvalue weighted by atomic mass is 10.1. The SMILES string of the molecule is O=C(C1CCN(c2ncnc3cnccc23)C1)N1CCOCC1. The molecular formula is C16H19N5O2. The molecule has 1 atom stereocenters. The normalized spacial score (nSPS) is 21.8. The Hall–Kier alpha value is -2.28. The van der Waals surface area contributed by atoms with Crippen LogP contribution in [0.5, 0.6) is 0 Å². The second-order valence-electron chi connectivity index (χ2n) is 5.96.